The van der Waals surface area contributed by atoms with Crippen molar-refractivity contribution in [2.75, 3.05) is 29.9 Å². The van der Waals surface area contributed by atoms with Crippen LogP contribution in [0.2, 0.25) is 0 Å². The number of imide groups is 2. The van der Waals surface area contributed by atoms with Gasteiger partial charge in [-0.15, -0.1) is 0 Å². The third-order valence-electron chi connectivity index (χ3n) is 11.3. The molecule has 4 aromatic rings. The maximum absolute atomic E-state index is 14.4. The van der Waals surface area contributed by atoms with E-state index in [2.05, 4.69) is 43.0 Å². The SMILES string of the molecule is CC(C)C[C@@](C)(COc1ccc(-c2ccnc(Nc3ccc(C4CCN(c5ccc6c(c5)C(=O)N(C5CCC(=O)NC5=O)C6=O)CC4)cc3)c2)nc1C(F)F)NC(=O)OC(C)(C)C. The van der Waals surface area contributed by atoms with Crippen LogP contribution in [-0.4, -0.2) is 81.5 Å². The average molecular weight is 866 g/mol. The van der Waals surface area contributed by atoms with Crippen LogP contribution in [0.3, 0.4) is 0 Å². The number of nitrogens with zero attached hydrogens (tertiary/aromatic N) is 4. The summed E-state index contributed by atoms with van der Waals surface area (Å²) in [6.45, 7) is 12.5. The molecule has 2 aromatic heterocycles. The molecule has 3 aliphatic rings. The number of hydrogen-bond acceptors (Lipinski definition) is 11. The van der Waals surface area contributed by atoms with Crippen molar-refractivity contribution in [3.63, 3.8) is 0 Å². The zero-order chi connectivity index (χ0) is 45.2. The smallest absolute Gasteiger partial charge is 0.408 e. The Labute approximate surface area is 365 Å². The Morgan fingerprint density at radius 1 is 0.905 bits per heavy atom. The summed E-state index contributed by atoms with van der Waals surface area (Å²) in [5, 5.41) is 8.39. The highest BCUT2D eigenvalue weighted by Gasteiger charge is 2.45. The van der Waals surface area contributed by atoms with Crippen LogP contribution in [0.4, 0.5) is 30.8 Å². The van der Waals surface area contributed by atoms with E-state index in [1.165, 1.54) is 11.6 Å². The summed E-state index contributed by atoms with van der Waals surface area (Å²) in [6, 6.07) is 18.8. The van der Waals surface area contributed by atoms with E-state index in [0.29, 0.717) is 29.4 Å². The number of carbonyl (C=O) groups is 5. The average Bonchev–Trinajstić information content (AvgIpc) is 3.47. The number of amides is 5. The Hall–Kier alpha value is -6.45. The molecule has 0 saturated carbocycles. The Morgan fingerprint density at radius 2 is 1.62 bits per heavy atom. The molecule has 0 aliphatic carbocycles. The van der Waals surface area contributed by atoms with Crippen LogP contribution in [-0.2, 0) is 14.3 Å². The second kappa shape index (κ2) is 18.1. The largest absolute Gasteiger partial charge is 0.489 e. The summed E-state index contributed by atoms with van der Waals surface area (Å²) in [6.07, 6.45) is 0.448. The molecule has 2 aromatic carbocycles. The van der Waals surface area contributed by atoms with Gasteiger partial charge in [0.05, 0.1) is 22.4 Å². The molecule has 1 unspecified atom stereocenters. The first kappa shape index (κ1) is 44.6. The molecule has 2 saturated heterocycles. The molecule has 63 heavy (non-hydrogen) atoms. The number of hydrogen-bond donors (Lipinski definition) is 3. The van der Waals surface area contributed by atoms with Crippen molar-refractivity contribution in [3.8, 4) is 17.0 Å². The number of halogens is 2. The number of carbonyl (C=O) groups excluding carboxylic acids is 5. The summed E-state index contributed by atoms with van der Waals surface area (Å²) in [5.74, 6) is -1.22. The van der Waals surface area contributed by atoms with E-state index in [9.17, 15) is 32.8 Å². The molecule has 0 radical (unpaired) electrons. The maximum atomic E-state index is 14.4. The standard InChI is InChI=1S/C47H53F2N7O7/c1-27(2)25-47(6,54-45(61)63-46(3,4)5)26-62-37-15-13-35(52-40(37)41(48)49)30-17-20-50-38(23-30)51-31-9-7-28(8-10-31)29-18-21-55(22-19-29)32-11-12-33-34(24-32)44(60)56(43(33)59)36-14-16-39(57)53-42(36)58/h7-13,15,17,20,23-24,27,29,36,41H,14,16,18-19,21-22,25-26H2,1-6H3,(H,50,51)(H,54,61)(H,53,57,58)/t36?,47-/m0/s1. The zero-order valence-corrected chi connectivity index (χ0v) is 36.3. The highest BCUT2D eigenvalue weighted by Crippen LogP contribution is 2.36. The number of pyridine rings is 2. The maximum Gasteiger partial charge on any atom is 0.408 e. The van der Waals surface area contributed by atoms with Crippen LogP contribution in [0.1, 0.15) is 118 Å². The van der Waals surface area contributed by atoms with Gasteiger partial charge in [-0.2, -0.15) is 0 Å². The fourth-order valence-corrected chi connectivity index (χ4v) is 8.51. The number of rotatable bonds is 13. The summed E-state index contributed by atoms with van der Waals surface area (Å²) in [7, 11) is 0. The minimum atomic E-state index is -2.92. The second-order valence-electron chi connectivity index (χ2n) is 18.1. The summed E-state index contributed by atoms with van der Waals surface area (Å²) >= 11 is 0. The summed E-state index contributed by atoms with van der Waals surface area (Å²) in [4.78, 5) is 75.2. The quantitative estimate of drug-likeness (QED) is 0.110. The molecule has 16 heteroatoms. The van der Waals surface area contributed by atoms with Crippen LogP contribution < -0.4 is 25.6 Å². The molecule has 2 fully saturated rings. The minimum Gasteiger partial charge on any atom is -0.489 e. The Balaban J connectivity index is 0.957. The predicted octanol–water partition coefficient (Wildman–Crippen LogP) is 8.32. The summed E-state index contributed by atoms with van der Waals surface area (Å²) in [5.41, 5.74) is 2.07. The Kier molecular flexibility index (Phi) is 12.8. The lowest BCUT2D eigenvalue weighted by Crippen LogP contribution is -2.54. The third kappa shape index (κ3) is 10.4. The number of piperidine rings is 2. The minimum absolute atomic E-state index is 0.0635. The van der Waals surface area contributed by atoms with E-state index >= 15 is 0 Å². The van der Waals surface area contributed by atoms with Gasteiger partial charge in [0.2, 0.25) is 11.8 Å². The lowest BCUT2D eigenvalue weighted by molar-refractivity contribution is -0.136. The molecular weight excluding hydrogens is 813 g/mol. The van der Waals surface area contributed by atoms with E-state index in [1.807, 2.05) is 32.0 Å². The van der Waals surface area contributed by atoms with E-state index in [0.717, 1.165) is 42.2 Å². The molecule has 7 rings (SSSR count). The number of aromatic nitrogens is 2. The van der Waals surface area contributed by atoms with E-state index in [-0.39, 0.29) is 42.2 Å². The van der Waals surface area contributed by atoms with Gasteiger partial charge in [-0.25, -0.2) is 23.5 Å². The molecule has 5 heterocycles. The molecular formula is C47H53F2N7O7. The molecule has 14 nitrogen and oxygen atoms in total. The molecule has 332 valence electrons. The van der Waals surface area contributed by atoms with Crippen molar-refractivity contribution in [1.82, 2.24) is 25.5 Å². The van der Waals surface area contributed by atoms with Crippen LogP contribution in [0, 0.1) is 5.92 Å². The van der Waals surface area contributed by atoms with Crippen molar-refractivity contribution in [1.29, 1.82) is 0 Å². The van der Waals surface area contributed by atoms with Gasteiger partial charge in [0.15, 0.2) is 0 Å². The van der Waals surface area contributed by atoms with Crippen molar-refractivity contribution >= 4 is 46.9 Å². The normalized spacial score (nSPS) is 18.0. The number of benzene rings is 2. The summed E-state index contributed by atoms with van der Waals surface area (Å²) < 4.78 is 40.2. The number of anilines is 3. The highest BCUT2D eigenvalue weighted by atomic mass is 19.3. The van der Waals surface area contributed by atoms with Crippen molar-refractivity contribution < 1.29 is 42.2 Å². The van der Waals surface area contributed by atoms with Gasteiger partial charge in [0.25, 0.3) is 18.2 Å². The number of ether oxygens (including phenoxy) is 2. The van der Waals surface area contributed by atoms with Crippen LogP contribution in [0.5, 0.6) is 5.75 Å². The number of alkyl carbamates (subject to hydrolysis) is 1. The van der Waals surface area contributed by atoms with Gasteiger partial charge in [-0.3, -0.25) is 29.4 Å². The zero-order valence-electron chi connectivity index (χ0n) is 36.3. The van der Waals surface area contributed by atoms with Crippen molar-refractivity contribution in [3.05, 3.63) is 95.3 Å². The molecule has 0 bridgehead atoms. The van der Waals surface area contributed by atoms with E-state index in [1.54, 1.807) is 64.2 Å². The van der Waals surface area contributed by atoms with Crippen LogP contribution in [0.25, 0.3) is 11.3 Å². The van der Waals surface area contributed by atoms with Crippen LogP contribution in [0.15, 0.2) is 72.9 Å². The lowest BCUT2D eigenvalue weighted by Gasteiger charge is -2.34. The van der Waals surface area contributed by atoms with Gasteiger partial charge in [0.1, 0.15) is 35.5 Å². The third-order valence-corrected chi connectivity index (χ3v) is 11.3. The first-order valence-electron chi connectivity index (χ1n) is 21.2. The number of fused-ring (bicyclic) bond motifs is 1. The van der Waals surface area contributed by atoms with Gasteiger partial charge >= 0.3 is 6.09 Å². The molecule has 0 spiro atoms. The van der Waals surface area contributed by atoms with Crippen LogP contribution >= 0.6 is 0 Å². The lowest BCUT2D eigenvalue weighted by atomic mass is 9.89. The predicted molar refractivity (Wildman–Crippen MR) is 232 cm³/mol. The fraction of sp³-hybridized carbons (Fsp3) is 0.426. The van der Waals surface area contributed by atoms with Gasteiger partial charge in [-0.1, -0.05) is 26.0 Å². The van der Waals surface area contributed by atoms with Gasteiger partial charge in [-0.05, 0) is 125 Å². The first-order valence-corrected chi connectivity index (χ1v) is 21.2. The molecule has 3 N–H and O–H groups in total. The van der Waals surface area contributed by atoms with Crippen molar-refractivity contribution in [2.45, 2.75) is 103 Å². The monoisotopic (exact) mass is 865 g/mol. The van der Waals surface area contributed by atoms with Crippen molar-refractivity contribution in [2.24, 2.45) is 5.92 Å². The topological polar surface area (TPSA) is 172 Å². The highest BCUT2D eigenvalue weighted by molar-refractivity contribution is 6.23. The number of nitrogens with one attached hydrogen (secondary N) is 3. The van der Waals surface area contributed by atoms with Gasteiger partial charge < -0.3 is 25.0 Å². The molecule has 2 atom stereocenters. The second-order valence-corrected chi connectivity index (χ2v) is 18.1. The molecule has 3 aliphatic heterocycles. The van der Waals surface area contributed by atoms with E-state index < -0.39 is 59.0 Å². The van der Waals surface area contributed by atoms with E-state index in [4.69, 9.17) is 9.47 Å². The Bertz CT molecular complexity index is 2400. The fourth-order valence-electron chi connectivity index (χ4n) is 8.51. The van der Waals surface area contributed by atoms with Gasteiger partial charge in [0, 0.05) is 42.6 Å². The molecule has 5 amide bonds. The Morgan fingerprint density at radius 3 is 2.29 bits per heavy atom. The first-order chi connectivity index (χ1) is 29.9. The number of alkyl halides is 2.